The minimum Gasteiger partial charge on any atom is -1.00 e. The summed E-state index contributed by atoms with van der Waals surface area (Å²) < 4.78 is 0. The van der Waals surface area contributed by atoms with Gasteiger partial charge >= 0.3 is 23.1 Å². The van der Waals surface area contributed by atoms with Gasteiger partial charge in [0.1, 0.15) is 22.8 Å². The van der Waals surface area contributed by atoms with Gasteiger partial charge in [-0.15, -0.1) is 24.8 Å². The maximum Gasteiger partial charge on any atom is 2.00 e. The van der Waals surface area contributed by atoms with E-state index >= 15 is 0 Å². The number of hydrogen-bond acceptors (Lipinski definition) is 9. The van der Waals surface area contributed by atoms with Gasteiger partial charge in [0.05, 0.1) is 17.2 Å². The Labute approximate surface area is 232 Å². The molecule has 0 bridgehead atoms. The summed E-state index contributed by atoms with van der Waals surface area (Å²) in [4.78, 5) is 40.0. The summed E-state index contributed by atoms with van der Waals surface area (Å²) in [5, 5.41) is 54.9. The van der Waals surface area contributed by atoms with E-state index in [1.807, 2.05) is 0 Å². The summed E-state index contributed by atoms with van der Waals surface area (Å²) in [6.07, 6.45) is -0.200. The maximum absolute atomic E-state index is 13.7. The van der Waals surface area contributed by atoms with Gasteiger partial charge in [0.2, 0.25) is 5.78 Å². The minimum absolute atomic E-state index is 0. The molecule has 5 atom stereocenters. The summed E-state index contributed by atoms with van der Waals surface area (Å²) in [6, 6.07) is 3.02. The molecule has 190 valence electrons. The van der Waals surface area contributed by atoms with E-state index in [0.29, 0.717) is 0 Å². The predicted molar refractivity (Wildman–Crippen MR) is 133 cm³/mol. The van der Waals surface area contributed by atoms with Gasteiger partial charge in [0, 0.05) is 17.4 Å². The van der Waals surface area contributed by atoms with E-state index in [1.165, 1.54) is 44.1 Å². The number of fused-ring (bicyclic) bond motifs is 3. The molecule has 10 nitrogen and oxygen atoms in total. The average Bonchev–Trinajstić information content (AvgIpc) is 2.68. The third-order valence-corrected chi connectivity index (χ3v) is 7.02. The van der Waals surface area contributed by atoms with Crippen molar-refractivity contribution in [2.75, 3.05) is 14.1 Å². The Bertz CT molecular complexity index is 1180. The van der Waals surface area contributed by atoms with Crippen LogP contribution in [0.25, 0.3) is 5.76 Å². The van der Waals surface area contributed by atoms with Crippen molar-refractivity contribution < 1.29 is 42.8 Å². The van der Waals surface area contributed by atoms with Crippen LogP contribution >= 0.6 is 24.8 Å². The van der Waals surface area contributed by atoms with Crippen LogP contribution in [0.15, 0.2) is 35.1 Å². The number of rotatable bonds is 2. The molecule has 4 rings (SSSR count). The number of amides is 1. The topological polar surface area (TPSA) is 182 Å². The first-order valence-corrected chi connectivity index (χ1v) is 9.97. The molecule has 1 aromatic carbocycles. The van der Waals surface area contributed by atoms with Crippen LogP contribution in [0.2, 0.25) is 0 Å². The molecule has 0 spiro atoms. The van der Waals surface area contributed by atoms with Gasteiger partial charge < -0.3 is 34.1 Å². The Morgan fingerprint density at radius 2 is 1.71 bits per heavy atom. The summed E-state index contributed by atoms with van der Waals surface area (Å²) >= 11 is 0. The molecule has 0 heterocycles. The number of carbonyl (C=O) groups is 3. The molecule has 0 aliphatic heterocycles. The van der Waals surface area contributed by atoms with Crippen LogP contribution in [0.4, 0.5) is 0 Å². The first-order chi connectivity index (χ1) is 14.8. The van der Waals surface area contributed by atoms with Crippen LogP contribution in [0.3, 0.4) is 0 Å². The van der Waals surface area contributed by atoms with E-state index in [0.717, 1.165) is 0 Å². The molecule has 0 radical (unpaired) electrons. The van der Waals surface area contributed by atoms with Gasteiger partial charge in [-0.25, -0.2) is 0 Å². The van der Waals surface area contributed by atoms with Crippen molar-refractivity contribution in [1.82, 2.24) is 4.90 Å². The number of nitrogens with zero attached hydrogens (tertiary/aromatic N) is 1. The quantitative estimate of drug-likeness (QED) is 0.226. The third kappa shape index (κ3) is 3.93. The normalized spacial score (nSPS) is 31.4. The van der Waals surface area contributed by atoms with Crippen LogP contribution in [0.1, 0.15) is 27.3 Å². The fraction of sp³-hybridized carbons (Fsp3) is 0.409. The number of aliphatic hydroxyl groups excluding tert-OH is 2. The molecule has 1 saturated carbocycles. The summed E-state index contributed by atoms with van der Waals surface area (Å²) in [5.74, 6) is -7.90. The monoisotopic (exact) mass is 542 g/mol. The Morgan fingerprint density at radius 1 is 1.14 bits per heavy atom. The van der Waals surface area contributed by atoms with Gasteiger partial charge in [-0.2, -0.15) is 0 Å². The van der Waals surface area contributed by atoms with Crippen molar-refractivity contribution in [2.24, 2.45) is 17.6 Å². The van der Waals surface area contributed by atoms with Crippen molar-refractivity contribution in [3.63, 3.8) is 0 Å². The van der Waals surface area contributed by atoms with E-state index in [-0.39, 0.29) is 68.3 Å². The Morgan fingerprint density at radius 3 is 2.23 bits per heavy atom. The van der Waals surface area contributed by atoms with Crippen LogP contribution < -0.4 is 5.73 Å². The molecule has 1 fully saturated rings. The van der Waals surface area contributed by atoms with Gasteiger partial charge in [-0.1, -0.05) is 12.1 Å². The average molecular weight is 544 g/mol. The van der Waals surface area contributed by atoms with Gasteiger partial charge in [-0.05, 0) is 39.1 Å². The molecular formula is C22H28Cl2MgN2O8. The number of primary amides is 1. The molecule has 0 saturated heterocycles. The van der Waals surface area contributed by atoms with E-state index in [1.54, 1.807) is 0 Å². The number of aromatic hydroxyl groups is 1. The number of Topliss-reactive ketones (excluding diaryl/α,β-unsaturated/α-hetero) is 2. The maximum atomic E-state index is 13.7. The number of ketones is 2. The van der Waals surface area contributed by atoms with Crippen LogP contribution in [-0.4, -0.2) is 96.7 Å². The Kier molecular flexibility index (Phi) is 8.80. The first-order valence-electron chi connectivity index (χ1n) is 9.97. The van der Waals surface area contributed by atoms with Gasteiger partial charge in [0.15, 0.2) is 11.4 Å². The van der Waals surface area contributed by atoms with Crippen molar-refractivity contribution >= 4 is 71.1 Å². The minimum atomic E-state index is -2.75. The fourth-order valence-corrected chi connectivity index (χ4v) is 5.50. The first kappa shape index (κ1) is 31.2. The number of phenolic OH excluding ortho intramolecular Hbond substituents is 1. The third-order valence-electron chi connectivity index (χ3n) is 7.02. The summed E-state index contributed by atoms with van der Waals surface area (Å²) in [6.45, 7) is 1.40. The Balaban J connectivity index is 0. The fourth-order valence-electron chi connectivity index (χ4n) is 5.50. The molecule has 0 unspecified atom stereocenters. The van der Waals surface area contributed by atoms with E-state index in [9.17, 15) is 39.9 Å². The van der Waals surface area contributed by atoms with Crippen molar-refractivity contribution in [1.29, 1.82) is 0 Å². The molecule has 0 aromatic heterocycles. The van der Waals surface area contributed by atoms with Crippen molar-refractivity contribution in [2.45, 2.75) is 30.6 Å². The summed E-state index contributed by atoms with van der Waals surface area (Å²) in [7, 11) is 3.01. The molecule has 7 N–H and O–H groups in total. The van der Waals surface area contributed by atoms with Crippen LogP contribution in [0.5, 0.6) is 5.75 Å². The van der Waals surface area contributed by atoms with Crippen LogP contribution in [-0.2, 0) is 20.0 Å². The molecule has 1 aromatic rings. The smallest absolute Gasteiger partial charge is 1.00 e. The molecule has 1 amide bonds. The molecule has 35 heavy (non-hydrogen) atoms. The zero-order valence-electron chi connectivity index (χ0n) is 21.2. The van der Waals surface area contributed by atoms with Gasteiger partial charge in [0.25, 0.3) is 5.91 Å². The number of halogens is 2. The summed E-state index contributed by atoms with van der Waals surface area (Å²) in [5.41, 5.74) is -0.548. The number of phenols is 1. The predicted octanol–water partition coefficient (Wildman–Crippen LogP) is 0.317. The number of nitrogens with two attached hydrogens (primary N) is 1. The van der Waals surface area contributed by atoms with E-state index in [2.05, 4.69) is 0 Å². The number of likely N-dealkylation sites (N-methyl/N-ethyl adjacent to an activating group) is 1. The molecular weight excluding hydrogens is 515 g/mol. The number of aliphatic hydroxyl groups is 4. The molecule has 3 aliphatic rings. The van der Waals surface area contributed by atoms with E-state index < -0.39 is 75.0 Å². The standard InChI is InChI=1S/C22H24N2O8.2ClH.Mg.2H/c1-21(31)8-5-4-6-11(25)12(8)16(26)13-9(21)7-10-15(24(2)3)17(27)14(20(23)30)19(29)22(10,32)18(13)28;;;;;/h4-6,9-10,15,25-26,29,31-32H,7H2,1-3H3,(H2,23,30);2*1H;;;/q;;;+2;2*-1/t9-,10-,15-,21+,22-;;;;;/m0...../s1. The zero-order valence-corrected chi connectivity index (χ0v) is 22.2. The van der Waals surface area contributed by atoms with Crippen molar-refractivity contribution in [3.8, 4) is 5.75 Å². The number of carbonyl (C=O) groups excluding carboxylic acids is 3. The van der Waals surface area contributed by atoms with Gasteiger partial charge in [-0.3, -0.25) is 19.3 Å². The SMILES string of the molecule is CN(C)[C@@H]1C(=O)C(C(N)=O)=C(O)[C@@]2(O)C(=O)C3=C(O)c4c(O)cccc4[C@@](C)(O)[C@H]3C[C@@H]12.Cl.Cl.[H-].[H-].[Mg+2]. The second-order valence-corrected chi connectivity index (χ2v) is 8.96. The van der Waals surface area contributed by atoms with Crippen molar-refractivity contribution in [3.05, 3.63) is 46.2 Å². The number of hydrogen-bond donors (Lipinski definition) is 6. The van der Waals surface area contributed by atoms with E-state index in [4.69, 9.17) is 5.73 Å². The largest absolute Gasteiger partial charge is 2.00 e. The number of benzene rings is 1. The second kappa shape index (κ2) is 9.89. The Hall–Kier alpha value is -1.86. The molecule has 3 aliphatic carbocycles. The zero-order chi connectivity index (χ0) is 23.9. The second-order valence-electron chi connectivity index (χ2n) is 8.96. The van der Waals surface area contributed by atoms with Crippen LogP contribution in [0, 0.1) is 11.8 Å². The molecule has 13 heteroatoms.